The Morgan fingerprint density at radius 1 is 1.55 bits per heavy atom. The average Bonchev–Trinajstić information content (AvgIpc) is 2.01. The van der Waals surface area contributed by atoms with Gasteiger partial charge < -0.3 is 25.2 Å². The smallest absolute Gasteiger partial charge is 0.151 e. The molecule has 0 radical (unpaired) electrons. The molecule has 66 valence electrons. The highest BCUT2D eigenvalue weighted by atomic mass is 16.4. The lowest BCUT2D eigenvalue weighted by Crippen LogP contribution is -2.51. The number of aliphatic hydroxyl groups is 4. The number of carbonyl (C=O) groups is 1. The Balaban J connectivity index is 4.29. The van der Waals surface area contributed by atoms with E-state index in [1.165, 1.54) is 0 Å². The molecule has 0 aromatic heterocycles. The van der Waals surface area contributed by atoms with E-state index in [1.807, 2.05) is 0 Å². The van der Waals surface area contributed by atoms with Crippen LogP contribution in [0.25, 0.3) is 0 Å². The summed E-state index contributed by atoms with van der Waals surface area (Å²) in [4.78, 5) is 9.97. The van der Waals surface area contributed by atoms with Crippen LogP contribution < -0.4 is 0 Å². The van der Waals surface area contributed by atoms with E-state index in [0.29, 0.717) is 0 Å². The van der Waals surface area contributed by atoms with E-state index in [-0.39, 0.29) is 6.29 Å². The van der Waals surface area contributed by atoms with Gasteiger partial charge in [0.05, 0.1) is 6.61 Å². The van der Waals surface area contributed by atoms with Gasteiger partial charge in [0, 0.05) is 0 Å². The van der Waals surface area contributed by atoms with Crippen molar-refractivity contribution < 1.29 is 25.2 Å². The molecule has 0 heterocycles. The molecule has 3 atom stereocenters. The molecule has 5 nitrogen and oxygen atoms in total. The fourth-order valence-corrected chi connectivity index (χ4v) is 0.520. The molecule has 11 heavy (non-hydrogen) atoms. The predicted octanol–water partition coefficient (Wildman–Crippen LogP) is -2.35. The van der Waals surface area contributed by atoms with Crippen LogP contribution in [0.15, 0.2) is 0 Å². The Morgan fingerprint density at radius 3 is 2.27 bits per heavy atom. The standard InChI is InChI=1S/C6H12O5/c1-6(11,4(9)2-7)5(10)3-8/h2,4-5,8-11H,3H2,1H3/t4-,5-,6+/m0/s1. The van der Waals surface area contributed by atoms with Crippen molar-refractivity contribution in [2.75, 3.05) is 6.61 Å². The summed E-state index contributed by atoms with van der Waals surface area (Å²) in [6, 6.07) is 0. The molecule has 0 bridgehead atoms. The van der Waals surface area contributed by atoms with E-state index in [2.05, 4.69) is 0 Å². The zero-order valence-electron chi connectivity index (χ0n) is 6.14. The third-order valence-electron chi connectivity index (χ3n) is 1.58. The summed E-state index contributed by atoms with van der Waals surface area (Å²) in [6.45, 7) is 0.352. The van der Waals surface area contributed by atoms with Crippen LogP contribution in [0.5, 0.6) is 0 Å². The zero-order valence-corrected chi connectivity index (χ0v) is 6.14. The lowest BCUT2D eigenvalue weighted by Gasteiger charge is -2.29. The van der Waals surface area contributed by atoms with Gasteiger partial charge in [0.1, 0.15) is 17.8 Å². The van der Waals surface area contributed by atoms with Crippen LogP contribution in [0.2, 0.25) is 0 Å². The second-order valence-electron chi connectivity index (χ2n) is 2.51. The summed E-state index contributed by atoms with van der Waals surface area (Å²) in [5.41, 5.74) is -1.99. The van der Waals surface area contributed by atoms with Crippen molar-refractivity contribution in [2.24, 2.45) is 0 Å². The van der Waals surface area contributed by atoms with E-state index < -0.39 is 24.4 Å². The van der Waals surface area contributed by atoms with Gasteiger partial charge in [-0.1, -0.05) is 0 Å². The largest absolute Gasteiger partial charge is 0.394 e. The quantitative estimate of drug-likeness (QED) is 0.349. The third kappa shape index (κ3) is 2.23. The first kappa shape index (κ1) is 10.5. The fraction of sp³-hybridized carbons (Fsp3) is 0.833. The van der Waals surface area contributed by atoms with Gasteiger partial charge in [-0.15, -0.1) is 0 Å². The molecule has 0 saturated carbocycles. The molecule has 0 aliphatic heterocycles. The van der Waals surface area contributed by atoms with Crippen LogP contribution in [0.1, 0.15) is 6.92 Å². The first-order valence-corrected chi connectivity index (χ1v) is 3.11. The minimum atomic E-state index is -1.99. The second kappa shape index (κ2) is 3.77. The lowest BCUT2D eigenvalue weighted by atomic mass is 9.94. The molecule has 0 amide bonds. The van der Waals surface area contributed by atoms with Crippen LogP contribution >= 0.6 is 0 Å². The monoisotopic (exact) mass is 164 g/mol. The average molecular weight is 164 g/mol. The van der Waals surface area contributed by atoms with Gasteiger partial charge in [-0.05, 0) is 6.92 Å². The molecular formula is C6H12O5. The Kier molecular flexibility index (Phi) is 3.61. The van der Waals surface area contributed by atoms with Crippen molar-refractivity contribution in [2.45, 2.75) is 24.7 Å². The van der Waals surface area contributed by atoms with Crippen LogP contribution in [0.4, 0.5) is 0 Å². The Bertz CT molecular complexity index is 133. The highest BCUT2D eigenvalue weighted by Gasteiger charge is 2.37. The first-order chi connectivity index (χ1) is 4.96. The highest BCUT2D eigenvalue weighted by Crippen LogP contribution is 2.13. The van der Waals surface area contributed by atoms with Crippen molar-refractivity contribution in [1.29, 1.82) is 0 Å². The van der Waals surface area contributed by atoms with Crippen LogP contribution in [-0.4, -0.2) is 51.1 Å². The van der Waals surface area contributed by atoms with Gasteiger partial charge in [-0.25, -0.2) is 0 Å². The van der Waals surface area contributed by atoms with Crippen molar-refractivity contribution in [3.8, 4) is 0 Å². The lowest BCUT2D eigenvalue weighted by molar-refractivity contribution is -0.155. The van der Waals surface area contributed by atoms with Crippen molar-refractivity contribution in [1.82, 2.24) is 0 Å². The fourth-order valence-electron chi connectivity index (χ4n) is 0.520. The number of aldehydes is 1. The van der Waals surface area contributed by atoms with Gasteiger partial charge in [0.25, 0.3) is 0 Å². The molecule has 0 unspecified atom stereocenters. The van der Waals surface area contributed by atoms with E-state index in [1.54, 1.807) is 0 Å². The maximum atomic E-state index is 9.97. The molecule has 0 saturated heterocycles. The van der Waals surface area contributed by atoms with Crippen molar-refractivity contribution in [3.05, 3.63) is 0 Å². The predicted molar refractivity (Wildman–Crippen MR) is 35.8 cm³/mol. The van der Waals surface area contributed by atoms with Crippen LogP contribution in [0, 0.1) is 0 Å². The van der Waals surface area contributed by atoms with Crippen LogP contribution in [-0.2, 0) is 4.79 Å². The number of hydrogen-bond acceptors (Lipinski definition) is 5. The topological polar surface area (TPSA) is 98.0 Å². The molecule has 5 heteroatoms. The molecular weight excluding hydrogens is 152 g/mol. The molecule has 0 fully saturated rings. The van der Waals surface area contributed by atoms with Gasteiger partial charge in [-0.2, -0.15) is 0 Å². The maximum Gasteiger partial charge on any atom is 0.151 e. The number of rotatable bonds is 4. The molecule has 0 aromatic rings. The molecule has 0 aliphatic carbocycles. The second-order valence-corrected chi connectivity index (χ2v) is 2.51. The Labute approximate surface area is 63.9 Å². The molecule has 0 rings (SSSR count). The molecule has 0 spiro atoms. The summed E-state index contributed by atoms with van der Waals surface area (Å²) < 4.78 is 0. The van der Waals surface area contributed by atoms with Crippen molar-refractivity contribution >= 4 is 6.29 Å². The molecule has 0 aromatic carbocycles. The number of aliphatic hydroxyl groups excluding tert-OH is 3. The SMILES string of the molecule is C[C@@](O)([C@@H](O)C=O)[C@@H](O)CO. The van der Waals surface area contributed by atoms with Gasteiger partial charge in [0.15, 0.2) is 6.29 Å². The van der Waals surface area contributed by atoms with Gasteiger partial charge in [0.2, 0.25) is 0 Å². The summed E-state index contributed by atoms with van der Waals surface area (Å²) in [5.74, 6) is 0. The van der Waals surface area contributed by atoms with E-state index in [9.17, 15) is 4.79 Å². The minimum absolute atomic E-state index is 0.0961. The molecule has 0 aliphatic rings. The van der Waals surface area contributed by atoms with E-state index >= 15 is 0 Å². The summed E-state index contributed by atoms with van der Waals surface area (Å²) in [6.07, 6.45) is -3.12. The Morgan fingerprint density at radius 2 is 2.00 bits per heavy atom. The minimum Gasteiger partial charge on any atom is -0.394 e. The van der Waals surface area contributed by atoms with E-state index in [4.69, 9.17) is 20.4 Å². The number of carbonyl (C=O) groups excluding carboxylic acids is 1. The summed E-state index contributed by atoms with van der Waals surface area (Å²) >= 11 is 0. The van der Waals surface area contributed by atoms with Crippen LogP contribution in [0.3, 0.4) is 0 Å². The van der Waals surface area contributed by atoms with Gasteiger partial charge >= 0.3 is 0 Å². The molecule has 4 N–H and O–H groups in total. The maximum absolute atomic E-state index is 9.97. The Hall–Kier alpha value is -0.490. The highest BCUT2D eigenvalue weighted by molar-refractivity contribution is 5.58. The third-order valence-corrected chi connectivity index (χ3v) is 1.58. The van der Waals surface area contributed by atoms with E-state index in [0.717, 1.165) is 6.92 Å². The summed E-state index contributed by atoms with van der Waals surface area (Å²) in [7, 11) is 0. The zero-order chi connectivity index (χ0) is 9.07. The number of hydrogen-bond donors (Lipinski definition) is 4. The van der Waals surface area contributed by atoms with Crippen molar-refractivity contribution in [3.63, 3.8) is 0 Å². The normalized spacial score (nSPS) is 21.9. The first-order valence-electron chi connectivity index (χ1n) is 3.11. The summed E-state index contributed by atoms with van der Waals surface area (Å²) in [5, 5.41) is 35.2. The van der Waals surface area contributed by atoms with Gasteiger partial charge in [-0.3, -0.25) is 0 Å².